The van der Waals surface area contributed by atoms with Gasteiger partial charge in [0.1, 0.15) is 0 Å². The van der Waals surface area contributed by atoms with Crippen LogP contribution in [0.5, 0.6) is 5.75 Å². The minimum atomic E-state index is -0.415. The number of aryl methyl sites for hydroxylation is 1. The molecule has 2 rings (SSSR count). The van der Waals surface area contributed by atoms with E-state index < -0.39 is 5.82 Å². The average molecular weight is 237 g/mol. The lowest BCUT2D eigenvalue weighted by molar-refractivity contribution is 0.386. The van der Waals surface area contributed by atoms with Crippen LogP contribution < -0.4 is 10.1 Å². The van der Waals surface area contributed by atoms with Gasteiger partial charge in [-0.05, 0) is 12.1 Å². The second kappa shape index (κ2) is 4.82. The molecular formula is C11H12FN3O2. The molecule has 1 aromatic carbocycles. The zero-order chi connectivity index (χ0) is 12.3. The number of nitrogens with one attached hydrogen (secondary N) is 1. The highest BCUT2D eigenvalue weighted by molar-refractivity contribution is 5.56. The molecule has 0 aliphatic carbocycles. The Balaban J connectivity index is 2.11. The molecule has 1 aromatic heterocycles. The minimum Gasteiger partial charge on any atom is -0.492 e. The summed E-state index contributed by atoms with van der Waals surface area (Å²) in [6, 6.07) is 4.65. The van der Waals surface area contributed by atoms with Gasteiger partial charge in [0.25, 0.3) is 0 Å². The van der Waals surface area contributed by atoms with E-state index in [2.05, 4.69) is 15.5 Å². The standard InChI is InChI=1S/C11H12FN3O2/c1-7-14-10(15-17-7)6-13-9-5-3-4-8(12)11(9)16-2/h3-5,13H,6H2,1-2H3. The van der Waals surface area contributed by atoms with Gasteiger partial charge in [0, 0.05) is 6.92 Å². The summed E-state index contributed by atoms with van der Waals surface area (Å²) in [5, 5.41) is 6.71. The van der Waals surface area contributed by atoms with Crippen molar-refractivity contribution in [2.75, 3.05) is 12.4 Å². The number of benzene rings is 1. The second-order valence-corrected chi connectivity index (χ2v) is 3.40. The van der Waals surface area contributed by atoms with E-state index in [9.17, 15) is 4.39 Å². The summed E-state index contributed by atoms with van der Waals surface area (Å²) in [5.41, 5.74) is 0.551. The Labute approximate surface area is 97.6 Å². The molecule has 0 aliphatic rings. The smallest absolute Gasteiger partial charge is 0.223 e. The number of nitrogens with zero attached hydrogens (tertiary/aromatic N) is 2. The topological polar surface area (TPSA) is 60.2 Å². The summed E-state index contributed by atoms with van der Waals surface area (Å²) in [5.74, 6) is 0.760. The van der Waals surface area contributed by atoms with Crippen LogP contribution in [0.25, 0.3) is 0 Å². The first kappa shape index (κ1) is 11.4. The van der Waals surface area contributed by atoms with Gasteiger partial charge in [-0.3, -0.25) is 0 Å². The monoisotopic (exact) mass is 237 g/mol. The minimum absolute atomic E-state index is 0.174. The third-order valence-electron chi connectivity index (χ3n) is 2.18. The maximum Gasteiger partial charge on any atom is 0.223 e. The van der Waals surface area contributed by atoms with Gasteiger partial charge in [0.15, 0.2) is 17.4 Å². The van der Waals surface area contributed by atoms with E-state index in [0.717, 1.165) is 0 Å². The quantitative estimate of drug-likeness (QED) is 0.882. The van der Waals surface area contributed by atoms with Crippen molar-refractivity contribution in [3.63, 3.8) is 0 Å². The van der Waals surface area contributed by atoms with Crippen LogP contribution in [0.4, 0.5) is 10.1 Å². The van der Waals surface area contributed by atoms with Crippen molar-refractivity contribution in [3.05, 3.63) is 35.7 Å². The number of methoxy groups -OCH3 is 1. The molecule has 0 aliphatic heterocycles. The first-order valence-corrected chi connectivity index (χ1v) is 5.06. The summed E-state index contributed by atoms with van der Waals surface area (Å²) >= 11 is 0. The maximum atomic E-state index is 13.4. The molecule has 5 nitrogen and oxygen atoms in total. The molecule has 90 valence electrons. The fourth-order valence-corrected chi connectivity index (χ4v) is 1.44. The van der Waals surface area contributed by atoms with Gasteiger partial charge >= 0.3 is 0 Å². The number of aromatic nitrogens is 2. The van der Waals surface area contributed by atoms with Crippen molar-refractivity contribution in [1.82, 2.24) is 10.1 Å². The van der Waals surface area contributed by atoms with Crippen molar-refractivity contribution >= 4 is 5.69 Å². The highest BCUT2D eigenvalue weighted by atomic mass is 19.1. The van der Waals surface area contributed by atoms with Crippen LogP contribution in [0, 0.1) is 12.7 Å². The molecule has 0 saturated carbocycles. The van der Waals surface area contributed by atoms with E-state index in [1.165, 1.54) is 13.2 Å². The van der Waals surface area contributed by atoms with Gasteiger partial charge in [0.2, 0.25) is 5.89 Å². The maximum absolute atomic E-state index is 13.4. The Bertz CT molecular complexity index is 513. The fraction of sp³-hybridized carbons (Fsp3) is 0.273. The van der Waals surface area contributed by atoms with Crippen molar-refractivity contribution in [1.29, 1.82) is 0 Å². The van der Waals surface area contributed by atoms with Crippen LogP contribution in [-0.4, -0.2) is 17.3 Å². The molecule has 0 radical (unpaired) electrons. The predicted molar refractivity (Wildman–Crippen MR) is 59.3 cm³/mol. The first-order valence-electron chi connectivity index (χ1n) is 5.06. The van der Waals surface area contributed by atoms with E-state index >= 15 is 0 Å². The fourth-order valence-electron chi connectivity index (χ4n) is 1.44. The lowest BCUT2D eigenvalue weighted by atomic mass is 10.3. The summed E-state index contributed by atoms with van der Waals surface area (Å²) in [7, 11) is 1.42. The summed E-state index contributed by atoms with van der Waals surface area (Å²) in [4.78, 5) is 4.03. The average Bonchev–Trinajstić information content (AvgIpc) is 2.72. The van der Waals surface area contributed by atoms with Gasteiger partial charge in [-0.25, -0.2) is 4.39 Å². The highest BCUT2D eigenvalue weighted by Crippen LogP contribution is 2.27. The molecule has 0 amide bonds. The number of anilines is 1. The highest BCUT2D eigenvalue weighted by Gasteiger charge is 2.09. The normalized spacial score (nSPS) is 10.3. The number of rotatable bonds is 4. The Morgan fingerprint density at radius 2 is 2.29 bits per heavy atom. The summed E-state index contributed by atoms with van der Waals surface area (Å²) in [6.45, 7) is 2.05. The van der Waals surface area contributed by atoms with Crippen LogP contribution in [0.3, 0.4) is 0 Å². The van der Waals surface area contributed by atoms with E-state index in [1.807, 2.05) is 0 Å². The first-order chi connectivity index (χ1) is 8.20. The van der Waals surface area contributed by atoms with Crippen molar-refractivity contribution in [2.45, 2.75) is 13.5 Å². The lowest BCUT2D eigenvalue weighted by Crippen LogP contribution is -2.03. The zero-order valence-electron chi connectivity index (χ0n) is 9.53. The number of ether oxygens (including phenoxy) is 1. The van der Waals surface area contributed by atoms with Crippen LogP contribution in [0.2, 0.25) is 0 Å². The molecule has 0 saturated heterocycles. The van der Waals surface area contributed by atoms with Gasteiger partial charge in [-0.2, -0.15) is 4.98 Å². The Morgan fingerprint density at radius 1 is 1.47 bits per heavy atom. The molecule has 0 unspecified atom stereocenters. The number of para-hydroxylation sites is 1. The van der Waals surface area contributed by atoms with Crippen molar-refractivity contribution in [2.24, 2.45) is 0 Å². The molecule has 2 aromatic rings. The van der Waals surface area contributed by atoms with Crippen LogP contribution >= 0.6 is 0 Å². The third kappa shape index (κ3) is 2.52. The third-order valence-corrected chi connectivity index (χ3v) is 2.18. The van der Waals surface area contributed by atoms with Gasteiger partial charge in [0.05, 0.1) is 19.3 Å². The molecular weight excluding hydrogens is 225 g/mol. The molecule has 0 bridgehead atoms. The summed E-state index contributed by atoms with van der Waals surface area (Å²) < 4.78 is 23.2. The van der Waals surface area contributed by atoms with E-state index in [0.29, 0.717) is 23.9 Å². The van der Waals surface area contributed by atoms with Gasteiger partial charge in [-0.1, -0.05) is 11.2 Å². The van der Waals surface area contributed by atoms with Gasteiger partial charge in [-0.15, -0.1) is 0 Å². The largest absolute Gasteiger partial charge is 0.492 e. The van der Waals surface area contributed by atoms with Crippen molar-refractivity contribution < 1.29 is 13.7 Å². The van der Waals surface area contributed by atoms with E-state index in [1.54, 1.807) is 19.1 Å². The Hall–Kier alpha value is -2.11. The lowest BCUT2D eigenvalue weighted by Gasteiger charge is -2.09. The Morgan fingerprint density at radius 3 is 2.94 bits per heavy atom. The van der Waals surface area contributed by atoms with Crippen LogP contribution in [-0.2, 0) is 6.54 Å². The molecule has 1 N–H and O–H groups in total. The number of halogens is 1. The molecule has 1 heterocycles. The zero-order valence-corrected chi connectivity index (χ0v) is 9.53. The molecule has 0 atom stereocenters. The number of hydrogen-bond acceptors (Lipinski definition) is 5. The molecule has 6 heteroatoms. The predicted octanol–water partition coefficient (Wildman–Crippen LogP) is 2.14. The summed E-state index contributed by atoms with van der Waals surface area (Å²) in [6.07, 6.45) is 0. The van der Waals surface area contributed by atoms with Gasteiger partial charge < -0.3 is 14.6 Å². The van der Waals surface area contributed by atoms with Crippen LogP contribution in [0.1, 0.15) is 11.7 Å². The SMILES string of the molecule is COc1c(F)cccc1NCc1noc(C)n1. The van der Waals surface area contributed by atoms with Crippen molar-refractivity contribution in [3.8, 4) is 5.75 Å². The number of hydrogen-bond donors (Lipinski definition) is 1. The molecule has 0 fully saturated rings. The molecule has 17 heavy (non-hydrogen) atoms. The van der Waals surface area contributed by atoms with E-state index in [-0.39, 0.29) is 5.75 Å². The van der Waals surface area contributed by atoms with E-state index in [4.69, 9.17) is 9.26 Å². The Kier molecular flexibility index (Phi) is 3.22. The van der Waals surface area contributed by atoms with Crippen LogP contribution in [0.15, 0.2) is 22.7 Å². The second-order valence-electron chi connectivity index (χ2n) is 3.40. The molecule has 0 spiro atoms.